The summed E-state index contributed by atoms with van der Waals surface area (Å²) in [7, 11) is 0. The summed E-state index contributed by atoms with van der Waals surface area (Å²) in [4.78, 5) is 27.1. The molecule has 1 unspecified atom stereocenters. The molecule has 3 aromatic heterocycles. The maximum absolute atomic E-state index is 13.2. The third-order valence-electron chi connectivity index (χ3n) is 6.49. The maximum atomic E-state index is 13.2. The molecule has 1 atom stereocenters. The summed E-state index contributed by atoms with van der Waals surface area (Å²) in [6, 6.07) is 6.22. The fourth-order valence-corrected chi connectivity index (χ4v) is 4.56. The number of piperidine rings is 1. The number of pyridine rings is 1. The zero-order valence-electron chi connectivity index (χ0n) is 19.0. The van der Waals surface area contributed by atoms with Crippen LogP contribution in [0, 0.1) is 5.92 Å². The number of alkyl halides is 3. The van der Waals surface area contributed by atoms with Crippen LogP contribution in [0.1, 0.15) is 18.4 Å². The van der Waals surface area contributed by atoms with Crippen LogP contribution in [0.3, 0.4) is 0 Å². The summed E-state index contributed by atoms with van der Waals surface area (Å²) in [6.45, 7) is 3.48. The van der Waals surface area contributed by atoms with Gasteiger partial charge in [0.15, 0.2) is 11.6 Å². The number of anilines is 2. The van der Waals surface area contributed by atoms with E-state index < -0.39 is 11.7 Å². The molecule has 2 aliphatic heterocycles. The van der Waals surface area contributed by atoms with Gasteiger partial charge in [0.05, 0.1) is 11.5 Å². The number of hydrogen-bond donors (Lipinski definition) is 0. The van der Waals surface area contributed by atoms with Crippen molar-refractivity contribution in [3.63, 3.8) is 0 Å². The Hall–Kier alpha value is -3.70. The molecule has 0 radical (unpaired) electrons. The standard InChI is InChI=1S/C23H25F3N8O/c24-23(25,26)18-3-4-19(28-14-18)31-10-12-32(13-11-31)22(35)17-2-1-8-33(15-17)20-5-6-21(30-29-20)34-9-7-27-16-34/h3-7,9,14,16-17H,1-2,8,10-13,15H2. The summed E-state index contributed by atoms with van der Waals surface area (Å²) in [5.41, 5.74) is -0.766. The second-order valence-electron chi connectivity index (χ2n) is 8.72. The van der Waals surface area contributed by atoms with Crippen LogP contribution in [-0.2, 0) is 11.0 Å². The zero-order valence-corrected chi connectivity index (χ0v) is 19.0. The lowest BCUT2D eigenvalue weighted by Gasteiger charge is -2.39. The molecule has 12 heteroatoms. The van der Waals surface area contributed by atoms with Crippen molar-refractivity contribution in [1.29, 1.82) is 0 Å². The number of piperazine rings is 1. The van der Waals surface area contributed by atoms with Gasteiger partial charge in [-0.2, -0.15) is 13.2 Å². The van der Waals surface area contributed by atoms with Crippen LogP contribution in [0.5, 0.6) is 0 Å². The smallest absolute Gasteiger partial charge is 0.354 e. The third-order valence-corrected chi connectivity index (χ3v) is 6.49. The largest absolute Gasteiger partial charge is 0.417 e. The number of carbonyl (C=O) groups excluding carboxylic acids is 1. The van der Waals surface area contributed by atoms with Crippen LogP contribution in [0.15, 0.2) is 49.2 Å². The molecule has 0 spiro atoms. The van der Waals surface area contributed by atoms with Crippen molar-refractivity contribution in [2.45, 2.75) is 19.0 Å². The monoisotopic (exact) mass is 486 g/mol. The van der Waals surface area contributed by atoms with Gasteiger partial charge in [-0.05, 0) is 37.1 Å². The molecule has 2 saturated heterocycles. The van der Waals surface area contributed by atoms with Crippen LogP contribution in [-0.4, -0.2) is 74.8 Å². The van der Waals surface area contributed by atoms with Gasteiger partial charge in [0.25, 0.3) is 0 Å². The predicted octanol–water partition coefficient (Wildman–Crippen LogP) is 2.64. The molecular formula is C23H25F3N8O. The molecule has 0 aliphatic carbocycles. The fraction of sp³-hybridized carbons (Fsp3) is 0.435. The highest BCUT2D eigenvalue weighted by Gasteiger charge is 2.33. The van der Waals surface area contributed by atoms with Crippen LogP contribution in [0.4, 0.5) is 24.8 Å². The van der Waals surface area contributed by atoms with E-state index in [0.717, 1.165) is 37.5 Å². The molecule has 9 nitrogen and oxygen atoms in total. The van der Waals surface area contributed by atoms with E-state index in [2.05, 4.69) is 25.1 Å². The number of aromatic nitrogens is 5. The van der Waals surface area contributed by atoms with E-state index in [9.17, 15) is 18.0 Å². The van der Waals surface area contributed by atoms with Gasteiger partial charge in [-0.15, -0.1) is 10.2 Å². The Kier molecular flexibility index (Phi) is 6.27. The summed E-state index contributed by atoms with van der Waals surface area (Å²) in [6.07, 6.45) is 3.29. The minimum Gasteiger partial charge on any atom is -0.354 e. The van der Waals surface area contributed by atoms with Gasteiger partial charge in [-0.3, -0.25) is 9.36 Å². The van der Waals surface area contributed by atoms with Crippen LogP contribution in [0.2, 0.25) is 0 Å². The van der Waals surface area contributed by atoms with Crippen molar-refractivity contribution < 1.29 is 18.0 Å². The lowest BCUT2D eigenvalue weighted by Crippen LogP contribution is -2.52. The zero-order chi connectivity index (χ0) is 24.4. The Morgan fingerprint density at radius 2 is 1.66 bits per heavy atom. The number of amides is 1. The van der Waals surface area contributed by atoms with Crippen molar-refractivity contribution in [2.75, 3.05) is 49.1 Å². The third kappa shape index (κ3) is 5.05. The van der Waals surface area contributed by atoms with Crippen molar-refractivity contribution >= 4 is 17.5 Å². The minimum absolute atomic E-state index is 0.109. The average molecular weight is 487 g/mol. The molecule has 184 valence electrons. The predicted molar refractivity (Wildman–Crippen MR) is 122 cm³/mol. The van der Waals surface area contributed by atoms with Gasteiger partial charge in [0.2, 0.25) is 5.91 Å². The normalized spacial score (nSPS) is 19.2. The van der Waals surface area contributed by atoms with Gasteiger partial charge in [-0.1, -0.05) is 0 Å². The van der Waals surface area contributed by atoms with Crippen molar-refractivity contribution in [3.05, 3.63) is 54.7 Å². The molecule has 0 N–H and O–H groups in total. The Labute approximate surface area is 200 Å². The summed E-state index contributed by atoms with van der Waals surface area (Å²) < 4.78 is 40.1. The van der Waals surface area contributed by atoms with Crippen molar-refractivity contribution in [3.8, 4) is 5.82 Å². The van der Waals surface area contributed by atoms with E-state index >= 15 is 0 Å². The van der Waals surface area contributed by atoms with Gasteiger partial charge < -0.3 is 14.7 Å². The molecule has 2 aliphatic rings. The van der Waals surface area contributed by atoms with E-state index in [1.165, 1.54) is 6.07 Å². The van der Waals surface area contributed by atoms with Gasteiger partial charge >= 0.3 is 6.18 Å². The van der Waals surface area contributed by atoms with E-state index in [-0.39, 0.29) is 11.8 Å². The van der Waals surface area contributed by atoms with Crippen molar-refractivity contribution in [1.82, 2.24) is 29.6 Å². The lowest BCUT2D eigenvalue weighted by atomic mass is 9.96. The highest BCUT2D eigenvalue weighted by Crippen LogP contribution is 2.30. The molecule has 0 saturated carbocycles. The maximum Gasteiger partial charge on any atom is 0.417 e. The minimum atomic E-state index is -4.40. The number of imidazole rings is 1. The first kappa shape index (κ1) is 23.1. The highest BCUT2D eigenvalue weighted by molar-refractivity contribution is 5.80. The molecule has 5 rings (SSSR count). The van der Waals surface area contributed by atoms with E-state index in [0.29, 0.717) is 44.4 Å². The number of rotatable bonds is 4. The molecule has 3 aromatic rings. The first-order valence-electron chi connectivity index (χ1n) is 11.5. The SMILES string of the molecule is O=C(C1CCCN(c2ccc(-n3ccnc3)nn2)C1)N1CCN(c2ccc(C(F)(F)F)cn2)CC1. The van der Waals surface area contributed by atoms with Gasteiger partial charge in [0, 0.05) is 57.9 Å². The van der Waals surface area contributed by atoms with Crippen molar-refractivity contribution in [2.24, 2.45) is 5.92 Å². The van der Waals surface area contributed by atoms with Crippen LogP contribution < -0.4 is 9.80 Å². The van der Waals surface area contributed by atoms with Crippen LogP contribution >= 0.6 is 0 Å². The Bertz CT molecular complexity index is 1130. The first-order chi connectivity index (χ1) is 16.9. The molecule has 1 amide bonds. The lowest BCUT2D eigenvalue weighted by molar-refractivity contribution is -0.138. The Morgan fingerprint density at radius 1 is 0.914 bits per heavy atom. The number of nitrogens with zero attached hydrogens (tertiary/aromatic N) is 8. The molecule has 0 aromatic carbocycles. The molecule has 0 bridgehead atoms. The van der Waals surface area contributed by atoms with E-state index in [4.69, 9.17) is 0 Å². The number of hydrogen-bond acceptors (Lipinski definition) is 7. The highest BCUT2D eigenvalue weighted by atomic mass is 19.4. The topological polar surface area (TPSA) is 83.3 Å². The van der Waals surface area contributed by atoms with E-state index in [1.54, 1.807) is 23.3 Å². The first-order valence-corrected chi connectivity index (χ1v) is 11.5. The Morgan fingerprint density at radius 3 is 2.29 bits per heavy atom. The second-order valence-corrected chi connectivity index (χ2v) is 8.72. The fourth-order valence-electron chi connectivity index (χ4n) is 4.56. The van der Waals surface area contributed by atoms with Gasteiger partial charge in [-0.25, -0.2) is 9.97 Å². The summed E-state index contributed by atoms with van der Waals surface area (Å²) in [5.74, 6) is 1.89. The molecule has 5 heterocycles. The second kappa shape index (κ2) is 9.51. The summed E-state index contributed by atoms with van der Waals surface area (Å²) >= 11 is 0. The Balaban J connectivity index is 1.16. The van der Waals surface area contributed by atoms with E-state index in [1.807, 2.05) is 21.9 Å². The average Bonchev–Trinajstić information content (AvgIpc) is 3.43. The molecular weight excluding hydrogens is 461 g/mol. The molecule has 2 fully saturated rings. The van der Waals surface area contributed by atoms with Crippen LogP contribution in [0.25, 0.3) is 5.82 Å². The summed E-state index contributed by atoms with van der Waals surface area (Å²) in [5, 5.41) is 8.62. The van der Waals surface area contributed by atoms with Gasteiger partial charge in [0.1, 0.15) is 12.1 Å². The quantitative estimate of drug-likeness (QED) is 0.561. The number of carbonyl (C=O) groups is 1. The number of halogens is 3. The molecule has 35 heavy (non-hydrogen) atoms.